The van der Waals surface area contributed by atoms with E-state index >= 15 is 0 Å². The molecule has 1 fully saturated rings. The second kappa shape index (κ2) is 6.95. The fourth-order valence-electron chi connectivity index (χ4n) is 3.53. The highest BCUT2D eigenvalue weighted by molar-refractivity contribution is 14.1. The van der Waals surface area contributed by atoms with Crippen LogP contribution in [0, 0.1) is 5.92 Å². The summed E-state index contributed by atoms with van der Waals surface area (Å²) in [5.74, 6) is 1.48. The number of hydrogen-bond donors (Lipinski definition) is 1. The standard InChI is InChI=1S/C16H22INO4S/c1-20-13-6-10-4-5-18-9-22-15(23-3)12(8-19)16(18,17)11(10)7-14(13)21-2/h6-7,12,15,19H,4-5,8-9H2,1-3H3. The van der Waals surface area contributed by atoms with Crippen molar-refractivity contribution in [1.82, 2.24) is 4.90 Å². The van der Waals surface area contributed by atoms with Gasteiger partial charge in [-0.1, -0.05) is 22.6 Å². The molecule has 0 spiro atoms. The highest BCUT2D eigenvalue weighted by atomic mass is 127. The molecule has 2 aliphatic heterocycles. The number of hydrogen-bond acceptors (Lipinski definition) is 6. The van der Waals surface area contributed by atoms with Crippen molar-refractivity contribution in [2.45, 2.75) is 15.4 Å². The minimum atomic E-state index is -0.300. The molecule has 2 aliphatic rings. The summed E-state index contributed by atoms with van der Waals surface area (Å²) in [5, 5.41) is 10.1. The van der Waals surface area contributed by atoms with E-state index in [-0.39, 0.29) is 21.5 Å². The molecular weight excluding hydrogens is 429 g/mol. The normalized spacial score (nSPS) is 30.5. The Morgan fingerprint density at radius 1 is 1.39 bits per heavy atom. The number of aliphatic hydroxyl groups excluding tert-OH is 1. The zero-order valence-electron chi connectivity index (χ0n) is 13.5. The van der Waals surface area contributed by atoms with Crippen molar-refractivity contribution < 1.29 is 19.3 Å². The molecule has 3 atom stereocenters. The molecule has 1 saturated heterocycles. The van der Waals surface area contributed by atoms with Crippen molar-refractivity contribution in [1.29, 1.82) is 0 Å². The highest BCUT2D eigenvalue weighted by Gasteiger charge is 2.53. The summed E-state index contributed by atoms with van der Waals surface area (Å²) in [5.41, 5.74) is 2.43. The second-order valence-corrected chi connectivity index (χ2v) is 8.32. The lowest BCUT2D eigenvalue weighted by atomic mass is 9.84. The fraction of sp³-hybridized carbons (Fsp3) is 0.625. The van der Waals surface area contributed by atoms with Crippen LogP contribution in [0.5, 0.6) is 11.5 Å². The summed E-state index contributed by atoms with van der Waals surface area (Å²) in [6, 6.07) is 4.14. The van der Waals surface area contributed by atoms with Gasteiger partial charge in [0, 0.05) is 12.5 Å². The molecule has 0 bridgehead atoms. The second-order valence-electron chi connectivity index (χ2n) is 5.74. The maximum Gasteiger partial charge on any atom is 0.161 e. The summed E-state index contributed by atoms with van der Waals surface area (Å²) < 4.78 is 16.6. The lowest BCUT2D eigenvalue weighted by molar-refractivity contribution is -0.123. The topological polar surface area (TPSA) is 51.2 Å². The average Bonchev–Trinajstić information content (AvgIpc) is 2.59. The van der Waals surface area contributed by atoms with Gasteiger partial charge in [-0.2, -0.15) is 0 Å². The third kappa shape index (κ3) is 2.74. The molecule has 0 aliphatic carbocycles. The molecule has 7 heteroatoms. The van der Waals surface area contributed by atoms with Crippen molar-refractivity contribution >= 4 is 34.4 Å². The van der Waals surface area contributed by atoms with E-state index in [1.807, 2.05) is 6.26 Å². The van der Waals surface area contributed by atoms with Gasteiger partial charge >= 0.3 is 0 Å². The van der Waals surface area contributed by atoms with E-state index in [4.69, 9.17) is 14.2 Å². The minimum absolute atomic E-state index is 0.0102. The van der Waals surface area contributed by atoms with Gasteiger partial charge < -0.3 is 19.3 Å². The Balaban J connectivity index is 2.14. The van der Waals surface area contributed by atoms with Gasteiger partial charge in [-0.25, -0.2) is 0 Å². The summed E-state index contributed by atoms with van der Waals surface area (Å²) >= 11 is 4.15. The van der Waals surface area contributed by atoms with Crippen LogP contribution in [0.25, 0.3) is 0 Å². The van der Waals surface area contributed by atoms with E-state index < -0.39 is 0 Å². The molecule has 1 N–H and O–H groups in total. The van der Waals surface area contributed by atoms with Crippen LogP contribution >= 0.6 is 34.4 Å². The van der Waals surface area contributed by atoms with E-state index in [9.17, 15) is 5.11 Å². The van der Waals surface area contributed by atoms with Crippen LogP contribution in [0.1, 0.15) is 11.1 Å². The molecular formula is C16H22INO4S. The summed E-state index contributed by atoms with van der Waals surface area (Å²) in [6.07, 6.45) is 2.97. The Hall–Kier alpha value is -0.220. The highest BCUT2D eigenvalue weighted by Crippen LogP contribution is 2.53. The Bertz CT molecular complexity index is 587. The van der Waals surface area contributed by atoms with E-state index in [2.05, 4.69) is 39.6 Å². The number of nitrogens with zero attached hydrogens (tertiary/aromatic N) is 1. The quantitative estimate of drug-likeness (QED) is 0.431. The van der Waals surface area contributed by atoms with Crippen molar-refractivity contribution in [3.05, 3.63) is 23.3 Å². The van der Waals surface area contributed by atoms with E-state index in [1.165, 1.54) is 11.1 Å². The van der Waals surface area contributed by atoms with Crippen molar-refractivity contribution in [3.8, 4) is 11.5 Å². The van der Waals surface area contributed by atoms with Crippen LogP contribution < -0.4 is 9.47 Å². The molecule has 1 aromatic rings. The first-order valence-corrected chi connectivity index (χ1v) is 9.91. The largest absolute Gasteiger partial charge is 0.493 e. The third-order valence-electron chi connectivity index (χ3n) is 4.74. The number of methoxy groups -OCH3 is 2. The van der Waals surface area contributed by atoms with Gasteiger partial charge in [0.2, 0.25) is 0 Å². The van der Waals surface area contributed by atoms with Crippen LogP contribution in [-0.2, 0) is 14.7 Å². The van der Waals surface area contributed by atoms with E-state index in [0.29, 0.717) is 6.73 Å². The van der Waals surface area contributed by atoms with Gasteiger partial charge in [0.25, 0.3) is 0 Å². The average molecular weight is 451 g/mol. The van der Waals surface area contributed by atoms with Crippen molar-refractivity contribution in [3.63, 3.8) is 0 Å². The number of thioether (sulfide) groups is 1. The van der Waals surface area contributed by atoms with E-state index in [0.717, 1.165) is 24.5 Å². The molecule has 128 valence electrons. The first-order chi connectivity index (χ1) is 11.1. The predicted octanol–water partition coefficient (Wildman–Crippen LogP) is 2.44. The molecule has 5 nitrogen and oxygen atoms in total. The van der Waals surface area contributed by atoms with Gasteiger partial charge in [-0.3, -0.25) is 4.90 Å². The molecule has 23 heavy (non-hydrogen) atoms. The summed E-state index contributed by atoms with van der Waals surface area (Å²) in [4.78, 5) is 2.31. The van der Waals surface area contributed by atoms with Crippen LogP contribution in [-0.4, -0.2) is 55.8 Å². The lowest BCUT2D eigenvalue weighted by Gasteiger charge is -2.53. The number of fused-ring (bicyclic) bond motifs is 3. The first kappa shape index (κ1) is 17.6. The number of halogens is 1. The van der Waals surface area contributed by atoms with Crippen LogP contribution in [0.2, 0.25) is 0 Å². The van der Waals surface area contributed by atoms with Gasteiger partial charge in [0.05, 0.1) is 20.8 Å². The monoisotopic (exact) mass is 451 g/mol. The smallest absolute Gasteiger partial charge is 0.161 e. The van der Waals surface area contributed by atoms with Gasteiger partial charge in [-0.05, 0) is 35.9 Å². The fourth-order valence-corrected chi connectivity index (χ4v) is 5.99. The lowest BCUT2D eigenvalue weighted by Crippen LogP contribution is -2.59. The molecule has 2 heterocycles. The zero-order valence-corrected chi connectivity index (χ0v) is 16.5. The predicted molar refractivity (Wildman–Crippen MR) is 99.5 cm³/mol. The van der Waals surface area contributed by atoms with Crippen LogP contribution in [0.15, 0.2) is 12.1 Å². The molecule has 0 amide bonds. The van der Waals surface area contributed by atoms with Gasteiger partial charge in [0.15, 0.2) is 11.5 Å². The maximum atomic E-state index is 10.1. The third-order valence-corrected chi connectivity index (χ3v) is 7.73. The molecule has 0 radical (unpaired) electrons. The number of benzene rings is 1. The van der Waals surface area contributed by atoms with E-state index in [1.54, 1.807) is 26.0 Å². The Kier molecular flexibility index (Phi) is 5.32. The number of alkyl halides is 1. The number of aliphatic hydroxyl groups is 1. The Labute approximate surface area is 154 Å². The summed E-state index contributed by atoms with van der Waals surface area (Å²) in [7, 11) is 3.32. The molecule has 1 aromatic carbocycles. The van der Waals surface area contributed by atoms with Gasteiger partial charge in [0.1, 0.15) is 15.7 Å². The number of ether oxygens (including phenoxy) is 3. The maximum absolute atomic E-state index is 10.1. The minimum Gasteiger partial charge on any atom is -0.493 e. The number of rotatable bonds is 4. The Morgan fingerprint density at radius 2 is 2.09 bits per heavy atom. The van der Waals surface area contributed by atoms with Crippen molar-refractivity contribution in [2.75, 3.05) is 40.4 Å². The van der Waals surface area contributed by atoms with Crippen molar-refractivity contribution in [2.24, 2.45) is 5.92 Å². The SMILES string of the molecule is COc1cc2c(cc1OC)C1(I)C(CO)C(SC)OCN1CC2. The Morgan fingerprint density at radius 3 is 2.70 bits per heavy atom. The summed E-state index contributed by atoms with van der Waals surface area (Å²) in [6.45, 7) is 1.57. The zero-order chi connectivity index (χ0) is 16.6. The van der Waals surface area contributed by atoms with Crippen LogP contribution in [0.3, 0.4) is 0 Å². The van der Waals surface area contributed by atoms with Gasteiger partial charge in [-0.15, -0.1) is 11.8 Å². The van der Waals surface area contributed by atoms with Crippen LogP contribution in [0.4, 0.5) is 0 Å². The first-order valence-electron chi connectivity index (χ1n) is 7.54. The molecule has 3 rings (SSSR count). The molecule has 0 aromatic heterocycles. The molecule has 3 unspecified atom stereocenters. The molecule has 0 saturated carbocycles.